The van der Waals surface area contributed by atoms with Crippen LogP contribution >= 0.6 is 0 Å². The highest BCUT2D eigenvalue weighted by atomic mass is 16.2. The lowest BCUT2D eigenvalue weighted by Gasteiger charge is -2.30. The average molecular weight is 303 g/mol. The predicted molar refractivity (Wildman–Crippen MR) is 82.7 cm³/mol. The maximum absolute atomic E-state index is 12.1. The molecule has 1 aliphatic heterocycles. The quantitative estimate of drug-likeness (QED) is 0.833. The Morgan fingerprint density at radius 2 is 2.36 bits per heavy atom. The summed E-state index contributed by atoms with van der Waals surface area (Å²) in [6.07, 6.45) is 3.00. The van der Waals surface area contributed by atoms with Crippen LogP contribution in [0.5, 0.6) is 0 Å². The van der Waals surface area contributed by atoms with Gasteiger partial charge in [-0.2, -0.15) is 0 Å². The highest BCUT2D eigenvalue weighted by molar-refractivity contribution is 5.76. The van der Waals surface area contributed by atoms with Crippen molar-refractivity contribution in [3.05, 3.63) is 34.9 Å². The van der Waals surface area contributed by atoms with Gasteiger partial charge in [-0.3, -0.25) is 9.20 Å². The van der Waals surface area contributed by atoms with Crippen LogP contribution in [0.3, 0.4) is 0 Å². The number of hydrogen-bond donors (Lipinski definition) is 2. The van der Waals surface area contributed by atoms with E-state index in [1.807, 2.05) is 6.07 Å². The minimum absolute atomic E-state index is 0.0375. The van der Waals surface area contributed by atoms with E-state index >= 15 is 0 Å². The number of aryl methyl sites for hydroxylation is 1. The molecular formula is C15H21N5O2. The van der Waals surface area contributed by atoms with Crippen molar-refractivity contribution in [3.63, 3.8) is 0 Å². The van der Waals surface area contributed by atoms with Crippen molar-refractivity contribution in [2.24, 2.45) is 5.92 Å². The first kappa shape index (κ1) is 14.8. The number of nitrogens with zero attached hydrogens (tertiary/aromatic N) is 3. The van der Waals surface area contributed by atoms with Crippen molar-refractivity contribution < 1.29 is 4.79 Å². The molecule has 2 atom stereocenters. The van der Waals surface area contributed by atoms with Crippen LogP contribution in [0.25, 0.3) is 5.65 Å². The van der Waals surface area contributed by atoms with Gasteiger partial charge in [0.2, 0.25) is 5.91 Å². The molecule has 0 bridgehead atoms. The molecule has 118 valence electrons. The fourth-order valence-electron chi connectivity index (χ4n) is 2.78. The van der Waals surface area contributed by atoms with Crippen LogP contribution in [0.4, 0.5) is 0 Å². The van der Waals surface area contributed by atoms with E-state index < -0.39 is 0 Å². The maximum atomic E-state index is 12.1. The van der Waals surface area contributed by atoms with Gasteiger partial charge in [0.15, 0.2) is 5.65 Å². The topological polar surface area (TPSA) is 80.4 Å². The molecular weight excluding hydrogens is 282 g/mol. The summed E-state index contributed by atoms with van der Waals surface area (Å²) in [6, 6.07) is 5.55. The normalized spacial score (nSPS) is 21.9. The zero-order valence-electron chi connectivity index (χ0n) is 12.7. The maximum Gasteiger partial charge on any atom is 0.350 e. The second-order valence-corrected chi connectivity index (χ2v) is 5.83. The zero-order chi connectivity index (χ0) is 15.5. The Morgan fingerprint density at radius 1 is 1.50 bits per heavy atom. The minimum Gasteiger partial charge on any atom is -0.352 e. The van der Waals surface area contributed by atoms with Gasteiger partial charge >= 0.3 is 5.69 Å². The summed E-state index contributed by atoms with van der Waals surface area (Å²) in [6.45, 7) is 4.25. The molecule has 1 aliphatic rings. The third-order valence-electron chi connectivity index (χ3n) is 4.21. The first-order valence-electron chi connectivity index (χ1n) is 7.69. The van der Waals surface area contributed by atoms with Crippen molar-refractivity contribution >= 4 is 11.6 Å². The number of hydrogen-bond acceptors (Lipinski definition) is 4. The number of carbonyl (C=O) groups excluding carboxylic acids is 1. The highest BCUT2D eigenvalue weighted by Gasteiger charge is 2.22. The molecule has 22 heavy (non-hydrogen) atoms. The molecule has 1 saturated heterocycles. The number of carbonyl (C=O) groups is 1. The molecule has 1 fully saturated rings. The van der Waals surface area contributed by atoms with Crippen molar-refractivity contribution in [3.8, 4) is 0 Å². The lowest BCUT2D eigenvalue weighted by Crippen LogP contribution is -2.50. The molecule has 0 spiro atoms. The molecule has 0 saturated carbocycles. The smallest absolute Gasteiger partial charge is 0.350 e. The molecule has 7 heteroatoms. The number of aromatic nitrogens is 3. The highest BCUT2D eigenvalue weighted by Crippen LogP contribution is 2.11. The molecule has 1 amide bonds. The van der Waals surface area contributed by atoms with Gasteiger partial charge in [0.25, 0.3) is 0 Å². The number of rotatable bonds is 4. The standard InChI is InChI=1S/C15H21N5O2/c1-11-5-7-16-10-12(11)17-14(21)6-9-20-15(22)19-8-3-2-4-13(19)18-20/h2-4,8,11-12,16H,5-7,9-10H2,1H3,(H,17,21). The predicted octanol–water partition coefficient (Wildman–Crippen LogP) is 0.000300. The van der Waals surface area contributed by atoms with Crippen LogP contribution in [0.1, 0.15) is 19.8 Å². The summed E-state index contributed by atoms with van der Waals surface area (Å²) in [5.41, 5.74) is 0.383. The number of fused-ring (bicyclic) bond motifs is 1. The van der Waals surface area contributed by atoms with Crippen molar-refractivity contribution in [1.82, 2.24) is 24.8 Å². The number of pyridine rings is 1. The average Bonchev–Trinajstić information content (AvgIpc) is 2.84. The van der Waals surface area contributed by atoms with E-state index in [1.54, 1.807) is 18.3 Å². The molecule has 0 radical (unpaired) electrons. The molecule has 2 aromatic heterocycles. The summed E-state index contributed by atoms with van der Waals surface area (Å²) < 4.78 is 2.82. The van der Waals surface area contributed by atoms with Crippen LogP contribution < -0.4 is 16.3 Å². The summed E-state index contributed by atoms with van der Waals surface area (Å²) in [5, 5.41) is 10.5. The lowest BCUT2D eigenvalue weighted by atomic mass is 9.95. The van der Waals surface area contributed by atoms with Crippen molar-refractivity contribution in [2.45, 2.75) is 32.4 Å². The third kappa shape index (κ3) is 3.04. The molecule has 7 nitrogen and oxygen atoms in total. The summed E-state index contributed by atoms with van der Waals surface area (Å²) >= 11 is 0. The number of piperidine rings is 1. The summed E-state index contributed by atoms with van der Waals surface area (Å²) in [4.78, 5) is 24.2. The van der Waals surface area contributed by atoms with Gasteiger partial charge < -0.3 is 10.6 Å². The van der Waals surface area contributed by atoms with Gasteiger partial charge in [-0.1, -0.05) is 13.0 Å². The largest absolute Gasteiger partial charge is 0.352 e. The Balaban J connectivity index is 1.60. The summed E-state index contributed by atoms with van der Waals surface area (Å²) in [7, 11) is 0. The molecule has 3 rings (SSSR count). The number of amides is 1. The van der Waals surface area contributed by atoms with Gasteiger partial charge in [0, 0.05) is 25.2 Å². The Labute approximate surface area is 128 Å². The Morgan fingerprint density at radius 3 is 3.14 bits per heavy atom. The van der Waals surface area contributed by atoms with E-state index in [0.717, 1.165) is 19.5 Å². The van der Waals surface area contributed by atoms with E-state index in [-0.39, 0.29) is 24.1 Å². The SMILES string of the molecule is CC1CCNCC1NC(=O)CCn1nc2ccccn2c1=O. The van der Waals surface area contributed by atoms with Crippen LogP contribution in [-0.4, -0.2) is 39.2 Å². The molecule has 2 unspecified atom stereocenters. The molecule has 2 aromatic rings. The van der Waals surface area contributed by atoms with Gasteiger partial charge in [-0.05, 0) is 31.0 Å². The molecule has 3 heterocycles. The first-order valence-corrected chi connectivity index (χ1v) is 7.69. The van der Waals surface area contributed by atoms with Gasteiger partial charge in [0.05, 0.1) is 6.54 Å². The second kappa shape index (κ2) is 6.31. The van der Waals surface area contributed by atoms with Crippen molar-refractivity contribution in [1.29, 1.82) is 0 Å². The minimum atomic E-state index is -0.212. The van der Waals surface area contributed by atoms with Crippen LogP contribution in [0.15, 0.2) is 29.2 Å². The third-order valence-corrected chi connectivity index (χ3v) is 4.21. The van der Waals surface area contributed by atoms with E-state index in [2.05, 4.69) is 22.7 Å². The Bertz CT molecular complexity index is 720. The van der Waals surface area contributed by atoms with E-state index in [0.29, 0.717) is 18.1 Å². The number of nitrogens with one attached hydrogen (secondary N) is 2. The van der Waals surface area contributed by atoms with E-state index in [1.165, 1.54) is 9.08 Å². The summed E-state index contributed by atoms with van der Waals surface area (Å²) in [5.74, 6) is 0.438. The van der Waals surface area contributed by atoms with E-state index in [4.69, 9.17) is 0 Å². The van der Waals surface area contributed by atoms with Crippen LogP contribution in [-0.2, 0) is 11.3 Å². The van der Waals surface area contributed by atoms with Gasteiger partial charge in [0.1, 0.15) is 0 Å². The first-order chi connectivity index (χ1) is 10.6. The second-order valence-electron chi connectivity index (χ2n) is 5.83. The van der Waals surface area contributed by atoms with Gasteiger partial charge in [-0.15, -0.1) is 5.10 Å². The van der Waals surface area contributed by atoms with Gasteiger partial charge in [-0.25, -0.2) is 9.48 Å². The van der Waals surface area contributed by atoms with E-state index in [9.17, 15) is 9.59 Å². The lowest BCUT2D eigenvalue weighted by molar-refractivity contribution is -0.122. The van der Waals surface area contributed by atoms with Crippen molar-refractivity contribution in [2.75, 3.05) is 13.1 Å². The molecule has 0 aromatic carbocycles. The molecule has 2 N–H and O–H groups in total. The molecule has 0 aliphatic carbocycles. The van der Waals surface area contributed by atoms with Crippen LogP contribution in [0.2, 0.25) is 0 Å². The Hall–Kier alpha value is -2.15. The monoisotopic (exact) mass is 303 g/mol. The van der Waals surface area contributed by atoms with Crippen LogP contribution in [0, 0.1) is 5.92 Å². The fraction of sp³-hybridized carbons (Fsp3) is 0.533. The zero-order valence-corrected chi connectivity index (χ0v) is 12.7. The Kier molecular flexibility index (Phi) is 4.24. The fourth-order valence-corrected chi connectivity index (χ4v) is 2.78.